The highest BCUT2D eigenvalue weighted by Crippen LogP contribution is 2.39. The van der Waals surface area contributed by atoms with E-state index < -0.39 is 11.9 Å². The molecular formula is C26H18O5. The fourth-order valence-electron chi connectivity index (χ4n) is 3.29. The average molecular weight is 410 g/mol. The first-order valence-electron chi connectivity index (χ1n) is 9.65. The summed E-state index contributed by atoms with van der Waals surface area (Å²) in [5.41, 5.74) is 0.823. The third-order valence-corrected chi connectivity index (χ3v) is 4.74. The summed E-state index contributed by atoms with van der Waals surface area (Å²) in [4.78, 5) is 38.0. The predicted molar refractivity (Wildman–Crippen MR) is 117 cm³/mol. The number of benzene rings is 4. The van der Waals surface area contributed by atoms with E-state index in [-0.39, 0.29) is 22.8 Å². The quantitative estimate of drug-likeness (QED) is 0.247. The summed E-state index contributed by atoms with van der Waals surface area (Å²) in [6, 6.07) is 25.6. The number of esters is 2. The largest absolute Gasteiger partial charge is 0.419 e. The normalized spacial score (nSPS) is 10.5. The van der Waals surface area contributed by atoms with Crippen molar-refractivity contribution in [3.8, 4) is 11.5 Å². The number of fused-ring (bicyclic) bond motifs is 1. The molecule has 0 aliphatic carbocycles. The Kier molecular flexibility index (Phi) is 5.58. The lowest BCUT2D eigenvalue weighted by atomic mass is 10.00. The first-order chi connectivity index (χ1) is 15.0. The molecule has 5 nitrogen and oxygen atoms in total. The number of ether oxygens (including phenoxy) is 2. The number of carbonyl (C=O) groups excluding carboxylic acids is 3. The Balaban J connectivity index is 1.85. The van der Waals surface area contributed by atoms with E-state index in [0.29, 0.717) is 21.9 Å². The van der Waals surface area contributed by atoms with Crippen LogP contribution in [-0.2, 0) is 0 Å². The van der Waals surface area contributed by atoms with Crippen molar-refractivity contribution < 1.29 is 23.9 Å². The number of rotatable bonds is 5. The third kappa shape index (κ3) is 4.21. The van der Waals surface area contributed by atoms with Gasteiger partial charge in [0.25, 0.3) is 0 Å². The third-order valence-electron chi connectivity index (χ3n) is 4.74. The predicted octanol–water partition coefficient (Wildman–Crippen LogP) is 5.48. The molecule has 0 aromatic heterocycles. The van der Waals surface area contributed by atoms with Crippen LogP contribution in [0, 0.1) is 0 Å². The van der Waals surface area contributed by atoms with E-state index in [1.54, 1.807) is 84.9 Å². The lowest BCUT2D eigenvalue weighted by Crippen LogP contribution is -2.15. The smallest absolute Gasteiger partial charge is 0.343 e. The van der Waals surface area contributed by atoms with Crippen LogP contribution in [0.2, 0.25) is 0 Å². The van der Waals surface area contributed by atoms with Gasteiger partial charge in [0.1, 0.15) is 0 Å². The molecule has 0 unspecified atom stereocenters. The van der Waals surface area contributed by atoms with Gasteiger partial charge in [-0.15, -0.1) is 0 Å². The minimum atomic E-state index is -0.657. The molecule has 152 valence electrons. The molecule has 0 aliphatic heterocycles. The minimum absolute atomic E-state index is 0.00188. The number of Topliss-reactive ketones (excluding diaryl/α,β-unsaturated/α-hetero) is 1. The van der Waals surface area contributed by atoms with E-state index >= 15 is 0 Å². The lowest BCUT2D eigenvalue weighted by Gasteiger charge is -2.16. The van der Waals surface area contributed by atoms with E-state index in [2.05, 4.69) is 0 Å². The second kappa shape index (κ2) is 8.63. The summed E-state index contributed by atoms with van der Waals surface area (Å²) in [6.45, 7) is 1.38. The van der Waals surface area contributed by atoms with Crippen LogP contribution in [0.4, 0.5) is 0 Å². The zero-order chi connectivity index (χ0) is 21.8. The highest BCUT2D eigenvalue weighted by atomic mass is 16.6. The van der Waals surface area contributed by atoms with E-state index in [1.807, 2.05) is 6.07 Å². The Morgan fingerprint density at radius 1 is 0.645 bits per heavy atom. The molecule has 0 spiro atoms. The van der Waals surface area contributed by atoms with Gasteiger partial charge in [0.05, 0.1) is 16.7 Å². The van der Waals surface area contributed by atoms with Crippen molar-refractivity contribution in [2.75, 3.05) is 0 Å². The molecule has 0 bridgehead atoms. The standard InChI is InChI=1S/C26H18O5/c1-17(27)23-21-15-9-8-14-20(21)16-22(30-25(28)18-10-4-2-5-11-18)24(23)31-26(29)19-12-6-3-7-13-19/h2-16H,1H3. The van der Waals surface area contributed by atoms with Gasteiger partial charge in [-0.25, -0.2) is 9.59 Å². The molecule has 0 atom stereocenters. The molecule has 4 aromatic rings. The van der Waals surface area contributed by atoms with Crippen molar-refractivity contribution in [1.29, 1.82) is 0 Å². The Labute approximate surface area is 178 Å². The van der Waals surface area contributed by atoms with Crippen LogP contribution in [0.25, 0.3) is 10.8 Å². The Hall–Kier alpha value is -4.25. The monoisotopic (exact) mass is 410 g/mol. The molecule has 0 saturated carbocycles. The van der Waals surface area contributed by atoms with E-state index in [9.17, 15) is 14.4 Å². The highest BCUT2D eigenvalue weighted by molar-refractivity contribution is 6.12. The topological polar surface area (TPSA) is 69.7 Å². The van der Waals surface area contributed by atoms with Gasteiger partial charge in [0.2, 0.25) is 0 Å². The van der Waals surface area contributed by atoms with Gasteiger partial charge in [-0.2, -0.15) is 0 Å². The second-order valence-electron chi connectivity index (χ2n) is 6.87. The van der Waals surface area contributed by atoms with E-state index in [1.165, 1.54) is 6.92 Å². The summed E-state index contributed by atoms with van der Waals surface area (Å²) in [5, 5.41) is 1.29. The first kappa shape index (κ1) is 20.0. The Bertz CT molecular complexity index is 1280. The SMILES string of the molecule is CC(=O)c1c(OC(=O)c2ccccc2)c(OC(=O)c2ccccc2)cc2ccccc12. The number of hydrogen-bond acceptors (Lipinski definition) is 5. The van der Waals surface area contributed by atoms with Gasteiger partial charge in [-0.3, -0.25) is 4.79 Å². The molecule has 31 heavy (non-hydrogen) atoms. The van der Waals surface area contributed by atoms with Crippen molar-refractivity contribution >= 4 is 28.5 Å². The van der Waals surface area contributed by atoms with Gasteiger partial charge in [0, 0.05) is 0 Å². The van der Waals surface area contributed by atoms with Crippen molar-refractivity contribution in [2.24, 2.45) is 0 Å². The molecule has 5 heteroatoms. The molecule has 0 saturated heterocycles. The number of hydrogen-bond donors (Lipinski definition) is 0. The van der Waals surface area contributed by atoms with E-state index in [4.69, 9.17) is 9.47 Å². The summed E-state index contributed by atoms with van der Waals surface area (Å²) in [5.74, 6) is -1.67. The lowest BCUT2D eigenvalue weighted by molar-refractivity contribution is 0.0680. The molecule has 0 N–H and O–H groups in total. The maximum absolute atomic E-state index is 12.8. The zero-order valence-corrected chi connectivity index (χ0v) is 16.7. The van der Waals surface area contributed by atoms with Crippen molar-refractivity contribution in [3.63, 3.8) is 0 Å². The fraction of sp³-hybridized carbons (Fsp3) is 0.0385. The molecule has 0 heterocycles. The summed E-state index contributed by atoms with van der Waals surface area (Å²) >= 11 is 0. The van der Waals surface area contributed by atoms with Gasteiger partial charge >= 0.3 is 11.9 Å². The molecule has 4 rings (SSSR count). The number of ketones is 1. The molecule has 4 aromatic carbocycles. The maximum Gasteiger partial charge on any atom is 0.343 e. The first-order valence-corrected chi connectivity index (χ1v) is 9.65. The average Bonchev–Trinajstić information content (AvgIpc) is 2.80. The zero-order valence-electron chi connectivity index (χ0n) is 16.7. The van der Waals surface area contributed by atoms with Crippen molar-refractivity contribution in [2.45, 2.75) is 6.92 Å². The van der Waals surface area contributed by atoms with Gasteiger partial charge < -0.3 is 9.47 Å². The van der Waals surface area contributed by atoms with Crippen LogP contribution in [0.15, 0.2) is 91.0 Å². The molecule has 0 radical (unpaired) electrons. The van der Waals surface area contributed by atoms with Crippen LogP contribution in [0.3, 0.4) is 0 Å². The molecule has 0 aliphatic rings. The van der Waals surface area contributed by atoms with Crippen LogP contribution < -0.4 is 9.47 Å². The van der Waals surface area contributed by atoms with Crippen LogP contribution in [-0.4, -0.2) is 17.7 Å². The maximum atomic E-state index is 12.8. The Morgan fingerprint density at radius 3 is 1.74 bits per heavy atom. The molecule has 0 amide bonds. The molecular weight excluding hydrogens is 392 g/mol. The van der Waals surface area contributed by atoms with Gasteiger partial charge in [0.15, 0.2) is 17.3 Å². The summed E-state index contributed by atoms with van der Waals surface area (Å²) in [7, 11) is 0. The highest BCUT2D eigenvalue weighted by Gasteiger charge is 2.24. The fourth-order valence-corrected chi connectivity index (χ4v) is 3.29. The van der Waals surface area contributed by atoms with Crippen molar-refractivity contribution in [3.05, 3.63) is 108 Å². The van der Waals surface area contributed by atoms with Crippen LogP contribution in [0.5, 0.6) is 11.5 Å². The summed E-state index contributed by atoms with van der Waals surface area (Å²) < 4.78 is 11.2. The number of carbonyl (C=O) groups is 3. The van der Waals surface area contributed by atoms with Crippen LogP contribution in [0.1, 0.15) is 38.0 Å². The molecule has 0 fully saturated rings. The van der Waals surface area contributed by atoms with E-state index in [0.717, 1.165) is 0 Å². The summed E-state index contributed by atoms with van der Waals surface area (Å²) in [6.07, 6.45) is 0. The minimum Gasteiger partial charge on any atom is -0.419 e. The second-order valence-corrected chi connectivity index (χ2v) is 6.87. The van der Waals surface area contributed by atoms with Crippen molar-refractivity contribution in [1.82, 2.24) is 0 Å². The van der Waals surface area contributed by atoms with Crippen LogP contribution >= 0.6 is 0 Å². The van der Waals surface area contributed by atoms with Gasteiger partial charge in [-0.05, 0) is 48.0 Å². The van der Waals surface area contributed by atoms with Gasteiger partial charge in [-0.1, -0.05) is 60.7 Å². The Morgan fingerprint density at radius 2 is 1.16 bits per heavy atom.